The lowest BCUT2D eigenvalue weighted by atomic mass is 9.81. The summed E-state index contributed by atoms with van der Waals surface area (Å²) in [6, 6.07) is 21.1. The van der Waals surface area contributed by atoms with Gasteiger partial charge in [0.05, 0.1) is 6.61 Å². The molecule has 2 aromatic carbocycles. The summed E-state index contributed by atoms with van der Waals surface area (Å²) in [7, 11) is 0. The Hall–Kier alpha value is -2.09. The van der Waals surface area contributed by atoms with Crippen LogP contribution in [-0.4, -0.2) is 12.6 Å². The molecule has 0 N–H and O–H groups in total. The SMILES string of the molecule is O=C1CC(CC(c2ccccc2)c2ccccc2)CCO1. The summed E-state index contributed by atoms with van der Waals surface area (Å²) in [5.74, 6) is 0.714. The minimum Gasteiger partial charge on any atom is -0.466 e. The van der Waals surface area contributed by atoms with Crippen molar-refractivity contribution in [3.63, 3.8) is 0 Å². The number of benzene rings is 2. The number of ether oxygens (including phenoxy) is 1. The van der Waals surface area contributed by atoms with Crippen molar-refractivity contribution in [2.75, 3.05) is 6.61 Å². The van der Waals surface area contributed by atoms with Gasteiger partial charge >= 0.3 is 5.97 Å². The topological polar surface area (TPSA) is 26.3 Å². The van der Waals surface area contributed by atoms with Crippen LogP contribution in [0.4, 0.5) is 0 Å². The van der Waals surface area contributed by atoms with E-state index < -0.39 is 0 Å². The Morgan fingerprint density at radius 1 is 0.952 bits per heavy atom. The smallest absolute Gasteiger partial charge is 0.306 e. The first-order valence-corrected chi connectivity index (χ1v) is 7.58. The minimum atomic E-state index is -0.0499. The van der Waals surface area contributed by atoms with Crippen LogP contribution in [0.25, 0.3) is 0 Å². The molecule has 108 valence electrons. The second-order valence-corrected chi connectivity index (χ2v) is 5.69. The highest BCUT2D eigenvalue weighted by Crippen LogP contribution is 2.34. The van der Waals surface area contributed by atoms with E-state index in [1.165, 1.54) is 11.1 Å². The summed E-state index contributed by atoms with van der Waals surface area (Å²) in [6.07, 6.45) is 2.53. The molecule has 2 aromatic rings. The maximum Gasteiger partial charge on any atom is 0.306 e. The van der Waals surface area contributed by atoms with Gasteiger partial charge in [0.25, 0.3) is 0 Å². The van der Waals surface area contributed by atoms with Crippen molar-refractivity contribution in [1.29, 1.82) is 0 Å². The van der Waals surface area contributed by atoms with E-state index in [1.54, 1.807) is 0 Å². The lowest BCUT2D eigenvalue weighted by molar-refractivity contribution is -0.149. The Labute approximate surface area is 125 Å². The molecule has 2 heteroatoms. The van der Waals surface area contributed by atoms with Gasteiger partial charge in [0.2, 0.25) is 0 Å². The molecule has 1 aliphatic heterocycles. The zero-order chi connectivity index (χ0) is 14.5. The Bertz CT molecular complexity index is 538. The van der Waals surface area contributed by atoms with E-state index in [4.69, 9.17) is 4.74 Å². The lowest BCUT2D eigenvalue weighted by Crippen LogP contribution is -2.22. The van der Waals surface area contributed by atoms with Gasteiger partial charge in [-0.15, -0.1) is 0 Å². The highest BCUT2D eigenvalue weighted by Gasteiger charge is 2.25. The van der Waals surface area contributed by atoms with E-state index in [0.29, 0.717) is 24.9 Å². The molecule has 0 bridgehead atoms. The molecule has 0 saturated carbocycles. The van der Waals surface area contributed by atoms with E-state index in [-0.39, 0.29) is 5.97 Å². The molecule has 0 amide bonds. The number of rotatable bonds is 4. The normalized spacial score (nSPS) is 18.5. The van der Waals surface area contributed by atoms with Crippen molar-refractivity contribution in [2.24, 2.45) is 5.92 Å². The summed E-state index contributed by atoms with van der Waals surface area (Å²) in [6.45, 7) is 0.569. The molecule has 1 unspecified atom stereocenters. The fourth-order valence-corrected chi connectivity index (χ4v) is 3.11. The Morgan fingerprint density at radius 3 is 2.05 bits per heavy atom. The highest BCUT2D eigenvalue weighted by atomic mass is 16.5. The van der Waals surface area contributed by atoms with Crippen LogP contribution >= 0.6 is 0 Å². The number of esters is 1. The van der Waals surface area contributed by atoms with Gasteiger partial charge in [-0.2, -0.15) is 0 Å². The molecule has 1 heterocycles. The molecule has 2 nitrogen and oxygen atoms in total. The zero-order valence-corrected chi connectivity index (χ0v) is 12.1. The molecule has 0 radical (unpaired) electrons. The molecular formula is C19H20O2. The van der Waals surface area contributed by atoms with Crippen molar-refractivity contribution < 1.29 is 9.53 Å². The number of hydrogen-bond acceptors (Lipinski definition) is 2. The summed E-state index contributed by atoms with van der Waals surface area (Å²) in [5.41, 5.74) is 2.64. The molecular weight excluding hydrogens is 260 g/mol. The first-order chi connectivity index (χ1) is 10.3. The van der Waals surface area contributed by atoms with Gasteiger partial charge in [-0.05, 0) is 29.9 Å². The Morgan fingerprint density at radius 2 is 1.52 bits per heavy atom. The Kier molecular flexibility index (Phi) is 4.34. The van der Waals surface area contributed by atoms with Crippen molar-refractivity contribution in [3.05, 3.63) is 71.8 Å². The van der Waals surface area contributed by atoms with Crippen LogP contribution in [0.15, 0.2) is 60.7 Å². The molecule has 0 aromatic heterocycles. The summed E-state index contributed by atoms with van der Waals surface area (Å²) >= 11 is 0. The van der Waals surface area contributed by atoms with Crippen LogP contribution < -0.4 is 0 Å². The fraction of sp³-hybridized carbons (Fsp3) is 0.316. The third-order valence-electron chi connectivity index (χ3n) is 4.22. The van der Waals surface area contributed by atoms with Gasteiger partial charge in [0.15, 0.2) is 0 Å². The predicted molar refractivity (Wildman–Crippen MR) is 83.0 cm³/mol. The quantitative estimate of drug-likeness (QED) is 0.786. The van der Waals surface area contributed by atoms with Gasteiger partial charge in [-0.1, -0.05) is 60.7 Å². The first-order valence-electron chi connectivity index (χ1n) is 7.58. The standard InChI is InChI=1S/C19H20O2/c20-19-14-15(11-12-21-19)13-18(16-7-3-1-4-8-16)17-9-5-2-6-10-17/h1-10,15,18H,11-14H2. The summed E-state index contributed by atoms with van der Waals surface area (Å²) in [5, 5.41) is 0. The van der Waals surface area contributed by atoms with Crippen molar-refractivity contribution in [3.8, 4) is 0 Å². The molecule has 3 rings (SSSR count). The fourth-order valence-electron chi connectivity index (χ4n) is 3.11. The number of carbonyl (C=O) groups is 1. The van der Waals surface area contributed by atoms with E-state index in [2.05, 4.69) is 48.5 Å². The number of cyclic esters (lactones) is 1. The summed E-state index contributed by atoms with van der Waals surface area (Å²) < 4.78 is 5.06. The highest BCUT2D eigenvalue weighted by molar-refractivity contribution is 5.70. The van der Waals surface area contributed by atoms with Crippen molar-refractivity contribution >= 4 is 5.97 Å². The van der Waals surface area contributed by atoms with Crippen LogP contribution in [0.3, 0.4) is 0 Å². The molecule has 21 heavy (non-hydrogen) atoms. The monoisotopic (exact) mass is 280 g/mol. The zero-order valence-electron chi connectivity index (χ0n) is 12.1. The van der Waals surface area contributed by atoms with Crippen LogP contribution in [0.2, 0.25) is 0 Å². The van der Waals surface area contributed by atoms with Gasteiger partial charge in [-0.3, -0.25) is 4.79 Å². The Balaban J connectivity index is 1.84. The molecule has 0 spiro atoms. The molecule has 1 saturated heterocycles. The largest absolute Gasteiger partial charge is 0.466 e. The average molecular weight is 280 g/mol. The molecule has 1 aliphatic rings. The minimum absolute atomic E-state index is 0.0499. The van der Waals surface area contributed by atoms with Crippen molar-refractivity contribution in [1.82, 2.24) is 0 Å². The molecule has 0 aliphatic carbocycles. The second kappa shape index (κ2) is 6.57. The molecule has 1 fully saturated rings. The van der Waals surface area contributed by atoms with Crippen LogP contribution in [0.5, 0.6) is 0 Å². The van der Waals surface area contributed by atoms with Crippen LogP contribution in [-0.2, 0) is 9.53 Å². The van der Waals surface area contributed by atoms with E-state index in [1.807, 2.05) is 12.1 Å². The lowest BCUT2D eigenvalue weighted by Gasteiger charge is -2.26. The van der Waals surface area contributed by atoms with Gasteiger partial charge in [-0.25, -0.2) is 0 Å². The van der Waals surface area contributed by atoms with Gasteiger partial charge in [0.1, 0.15) is 0 Å². The van der Waals surface area contributed by atoms with Crippen LogP contribution in [0, 0.1) is 5.92 Å². The van der Waals surface area contributed by atoms with E-state index in [9.17, 15) is 4.79 Å². The van der Waals surface area contributed by atoms with E-state index in [0.717, 1.165) is 12.8 Å². The summed E-state index contributed by atoms with van der Waals surface area (Å²) in [4.78, 5) is 11.5. The van der Waals surface area contributed by atoms with Gasteiger partial charge < -0.3 is 4.74 Å². The predicted octanol–water partition coefficient (Wildman–Crippen LogP) is 4.16. The maximum absolute atomic E-state index is 11.5. The number of carbonyl (C=O) groups excluding carboxylic acids is 1. The molecule has 1 atom stereocenters. The third-order valence-corrected chi connectivity index (χ3v) is 4.22. The number of hydrogen-bond donors (Lipinski definition) is 0. The second-order valence-electron chi connectivity index (χ2n) is 5.69. The first kappa shape index (κ1) is 13.9. The third kappa shape index (κ3) is 3.52. The van der Waals surface area contributed by atoms with Crippen molar-refractivity contribution in [2.45, 2.75) is 25.2 Å². The average Bonchev–Trinajstić information content (AvgIpc) is 2.54. The van der Waals surface area contributed by atoms with Crippen LogP contribution in [0.1, 0.15) is 36.3 Å². The maximum atomic E-state index is 11.5. The van der Waals surface area contributed by atoms with Gasteiger partial charge in [0, 0.05) is 12.3 Å². The van der Waals surface area contributed by atoms with E-state index >= 15 is 0 Å².